The fourth-order valence-corrected chi connectivity index (χ4v) is 2.46. The Morgan fingerprint density at radius 2 is 2.08 bits per heavy atom. The summed E-state index contributed by atoms with van der Waals surface area (Å²) in [5.74, 6) is 0.287. The van der Waals surface area contributed by atoms with Crippen LogP contribution in [0.5, 0.6) is 0 Å². The van der Waals surface area contributed by atoms with Gasteiger partial charge in [0, 0.05) is 25.2 Å². The van der Waals surface area contributed by atoms with Gasteiger partial charge in [-0.2, -0.15) is 0 Å². The minimum Gasteiger partial charge on any atom is -0.441 e. The Hall–Kier alpha value is -3.02. The van der Waals surface area contributed by atoms with Gasteiger partial charge in [-0.1, -0.05) is 18.2 Å². The van der Waals surface area contributed by atoms with Crippen LogP contribution < -0.4 is 5.32 Å². The van der Waals surface area contributed by atoms with Crippen molar-refractivity contribution in [2.24, 2.45) is 0 Å². The summed E-state index contributed by atoms with van der Waals surface area (Å²) in [4.78, 5) is 20.2. The number of halogens is 1. The second-order valence-corrected chi connectivity index (χ2v) is 5.67. The van der Waals surface area contributed by atoms with Crippen LogP contribution in [0.15, 0.2) is 59.4 Å². The predicted molar refractivity (Wildman–Crippen MR) is 91.0 cm³/mol. The fourth-order valence-electron chi connectivity index (χ4n) is 2.46. The Kier molecular flexibility index (Phi) is 5.18. The Morgan fingerprint density at radius 3 is 2.84 bits per heavy atom. The lowest BCUT2D eigenvalue weighted by atomic mass is 10.1. The zero-order chi connectivity index (χ0) is 17.6. The lowest BCUT2D eigenvalue weighted by Gasteiger charge is -2.13. The second kappa shape index (κ2) is 7.70. The quantitative estimate of drug-likeness (QED) is 0.744. The molecule has 1 amide bonds. The topological polar surface area (TPSA) is 68.0 Å². The Morgan fingerprint density at radius 1 is 1.24 bits per heavy atom. The molecule has 0 aliphatic rings. The van der Waals surface area contributed by atoms with Crippen molar-refractivity contribution in [3.63, 3.8) is 0 Å². The molecule has 0 bridgehead atoms. The molecule has 1 atom stereocenters. The van der Waals surface area contributed by atoms with Gasteiger partial charge in [-0.05, 0) is 30.7 Å². The number of hydrogen-bond donors (Lipinski definition) is 1. The number of oxazole rings is 1. The molecule has 2 heterocycles. The van der Waals surface area contributed by atoms with Crippen LogP contribution in [0.4, 0.5) is 4.39 Å². The van der Waals surface area contributed by atoms with Crippen molar-refractivity contribution >= 4 is 5.91 Å². The van der Waals surface area contributed by atoms with E-state index in [9.17, 15) is 9.18 Å². The van der Waals surface area contributed by atoms with Gasteiger partial charge in [-0.25, -0.2) is 9.37 Å². The molecule has 0 aliphatic carbocycles. The highest BCUT2D eigenvalue weighted by Crippen LogP contribution is 2.23. The third-order valence-electron chi connectivity index (χ3n) is 3.82. The number of amides is 1. The molecule has 5 nitrogen and oxygen atoms in total. The standard InChI is InChI=1S/C19H18FN3O2/c1-13(14-5-4-10-21-11-14)23-18(24)8-9-19-22-12-17(25-19)15-6-2-3-7-16(15)20/h2-7,10-13H,8-9H2,1H3,(H,23,24). The summed E-state index contributed by atoms with van der Waals surface area (Å²) in [6, 6.07) is 9.95. The maximum Gasteiger partial charge on any atom is 0.220 e. The molecule has 0 radical (unpaired) electrons. The molecule has 128 valence electrons. The van der Waals surface area contributed by atoms with Crippen molar-refractivity contribution in [1.29, 1.82) is 0 Å². The molecule has 1 aromatic carbocycles. The maximum atomic E-state index is 13.7. The zero-order valence-corrected chi connectivity index (χ0v) is 13.8. The van der Waals surface area contributed by atoms with Gasteiger partial charge in [-0.15, -0.1) is 0 Å². The van der Waals surface area contributed by atoms with Gasteiger partial charge in [0.2, 0.25) is 5.91 Å². The van der Waals surface area contributed by atoms with E-state index in [0.717, 1.165) is 5.56 Å². The molecule has 25 heavy (non-hydrogen) atoms. The van der Waals surface area contributed by atoms with Crippen molar-refractivity contribution in [3.8, 4) is 11.3 Å². The predicted octanol–water partition coefficient (Wildman–Crippen LogP) is 3.69. The minimum absolute atomic E-state index is 0.109. The van der Waals surface area contributed by atoms with Crippen molar-refractivity contribution < 1.29 is 13.6 Å². The van der Waals surface area contributed by atoms with E-state index in [1.165, 1.54) is 12.3 Å². The summed E-state index contributed by atoms with van der Waals surface area (Å²) in [7, 11) is 0. The summed E-state index contributed by atoms with van der Waals surface area (Å²) in [6.07, 6.45) is 5.47. The van der Waals surface area contributed by atoms with E-state index in [0.29, 0.717) is 23.6 Å². The van der Waals surface area contributed by atoms with Crippen LogP contribution in [0.1, 0.15) is 30.8 Å². The molecule has 0 aliphatic heterocycles. The van der Waals surface area contributed by atoms with Gasteiger partial charge in [0.15, 0.2) is 11.7 Å². The highest BCUT2D eigenvalue weighted by atomic mass is 19.1. The average molecular weight is 339 g/mol. The first-order valence-electron chi connectivity index (χ1n) is 8.02. The monoisotopic (exact) mass is 339 g/mol. The lowest BCUT2D eigenvalue weighted by Crippen LogP contribution is -2.26. The molecule has 0 saturated heterocycles. The van der Waals surface area contributed by atoms with Gasteiger partial charge < -0.3 is 9.73 Å². The third kappa shape index (κ3) is 4.29. The van der Waals surface area contributed by atoms with Crippen molar-refractivity contribution in [3.05, 3.63) is 72.3 Å². The summed E-state index contributed by atoms with van der Waals surface area (Å²) in [6.45, 7) is 1.90. The van der Waals surface area contributed by atoms with E-state index in [-0.39, 0.29) is 24.2 Å². The molecule has 0 fully saturated rings. The average Bonchev–Trinajstić information content (AvgIpc) is 3.10. The second-order valence-electron chi connectivity index (χ2n) is 5.67. The van der Waals surface area contributed by atoms with Gasteiger partial charge in [-0.3, -0.25) is 9.78 Å². The number of pyridine rings is 1. The molecule has 6 heteroatoms. The zero-order valence-electron chi connectivity index (χ0n) is 13.8. The number of hydrogen-bond acceptors (Lipinski definition) is 4. The van der Waals surface area contributed by atoms with Crippen LogP contribution >= 0.6 is 0 Å². The smallest absolute Gasteiger partial charge is 0.220 e. The van der Waals surface area contributed by atoms with Gasteiger partial charge >= 0.3 is 0 Å². The van der Waals surface area contributed by atoms with E-state index in [2.05, 4.69) is 15.3 Å². The third-order valence-corrected chi connectivity index (χ3v) is 3.82. The summed E-state index contributed by atoms with van der Waals surface area (Å²) in [5.41, 5.74) is 1.30. The van der Waals surface area contributed by atoms with Crippen LogP contribution in [-0.4, -0.2) is 15.9 Å². The summed E-state index contributed by atoms with van der Waals surface area (Å²) < 4.78 is 19.3. The minimum atomic E-state index is -0.367. The van der Waals surface area contributed by atoms with Crippen LogP contribution in [0.2, 0.25) is 0 Å². The van der Waals surface area contributed by atoms with Crippen LogP contribution in [0.25, 0.3) is 11.3 Å². The molecule has 3 rings (SSSR count). The number of nitrogens with one attached hydrogen (secondary N) is 1. The summed E-state index contributed by atoms with van der Waals surface area (Å²) >= 11 is 0. The first kappa shape index (κ1) is 16.8. The summed E-state index contributed by atoms with van der Waals surface area (Å²) in [5, 5.41) is 2.91. The number of aromatic nitrogens is 2. The molecule has 2 aromatic heterocycles. The van der Waals surface area contributed by atoms with E-state index in [1.807, 2.05) is 19.1 Å². The fraction of sp³-hybridized carbons (Fsp3) is 0.211. The van der Waals surface area contributed by atoms with Gasteiger partial charge in [0.1, 0.15) is 5.82 Å². The van der Waals surface area contributed by atoms with Gasteiger partial charge in [0.25, 0.3) is 0 Å². The van der Waals surface area contributed by atoms with E-state index in [1.54, 1.807) is 30.6 Å². The highest BCUT2D eigenvalue weighted by molar-refractivity contribution is 5.76. The molecular weight excluding hydrogens is 321 g/mol. The molecule has 0 spiro atoms. The van der Waals surface area contributed by atoms with Gasteiger partial charge in [0.05, 0.1) is 17.8 Å². The maximum absolute atomic E-state index is 13.7. The highest BCUT2D eigenvalue weighted by Gasteiger charge is 2.13. The van der Waals surface area contributed by atoms with Crippen LogP contribution in [-0.2, 0) is 11.2 Å². The normalized spacial score (nSPS) is 11.9. The SMILES string of the molecule is CC(NC(=O)CCc1ncc(-c2ccccc2F)o1)c1cccnc1. The largest absolute Gasteiger partial charge is 0.441 e. The van der Waals surface area contributed by atoms with Crippen molar-refractivity contribution in [1.82, 2.24) is 15.3 Å². The van der Waals surface area contributed by atoms with Crippen molar-refractivity contribution in [2.75, 3.05) is 0 Å². The first-order chi connectivity index (χ1) is 12.1. The number of carbonyl (C=O) groups excluding carboxylic acids is 1. The lowest BCUT2D eigenvalue weighted by molar-refractivity contribution is -0.121. The van der Waals surface area contributed by atoms with Crippen LogP contribution in [0.3, 0.4) is 0 Å². The Bertz CT molecular complexity index is 849. The molecule has 1 N–H and O–H groups in total. The van der Waals surface area contributed by atoms with E-state index >= 15 is 0 Å². The van der Waals surface area contributed by atoms with E-state index < -0.39 is 0 Å². The Labute approximate surface area is 144 Å². The number of nitrogens with zero attached hydrogens (tertiary/aromatic N) is 2. The number of benzene rings is 1. The molecule has 0 saturated carbocycles. The molecule has 3 aromatic rings. The Balaban J connectivity index is 1.55. The van der Waals surface area contributed by atoms with Crippen LogP contribution in [0, 0.1) is 5.82 Å². The molecule has 1 unspecified atom stereocenters. The number of aryl methyl sites for hydroxylation is 1. The van der Waals surface area contributed by atoms with Crippen molar-refractivity contribution in [2.45, 2.75) is 25.8 Å². The number of carbonyl (C=O) groups is 1. The first-order valence-corrected chi connectivity index (χ1v) is 8.02. The van der Waals surface area contributed by atoms with E-state index in [4.69, 9.17) is 4.42 Å². The molecular formula is C19H18FN3O2. The number of rotatable bonds is 6.